The van der Waals surface area contributed by atoms with E-state index in [9.17, 15) is 14.0 Å². The van der Waals surface area contributed by atoms with Crippen LogP contribution in [0.25, 0.3) is 0 Å². The summed E-state index contributed by atoms with van der Waals surface area (Å²) in [6.07, 6.45) is 4.63. The summed E-state index contributed by atoms with van der Waals surface area (Å²) in [5, 5.41) is 2.98. The van der Waals surface area contributed by atoms with E-state index in [1.54, 1.807) is 6.07 Å². The Morgan fingerprint density at radius 1 is 1.22 bits per heavy atom. The van der Waals surface area contributed by atoms with Gasteiger partial charge in [-0.25, -0.2) is 4.39 Å². The van der Waals surface area contributed by atoms with Crippen molar-refractivity contribution in [3.63, 3.8) is 0 Å². The molecule has 3 N–H and O–H groups in total. The smallest absolute Gasteiger partial charge is 0.251 e. The van der Waals surface area contributed by atoms with Crippen molar-refractivity contribution in [3.05, 3.63) is 41.6 Å². The first-order chi connectivity index (χ1) is 11.0. The van der Waals surface area contributed by atoms with Crippen molar-refractivity contribution in [2.45, 2.75) is 38.1 Å². The van der Waals surface area contributed by atoms with Gasteiger partial charge in [-0.15, -0.1) is 0 Å². The summed E-state index contributed by atoms with van der Waals surface area (Å²) in [7, 11) is 0. The van der Waals surface area contributed by atoms with E-state index in [1.807, 2.05) is 0 Å². The van der Waals surface area contributed by atoms with E-state index < -0.39 is 11.2 Å². The van der Waals surface area contributed by atoms with Crippen molar-refractivity contribution < 1.29 is 14.0 Å². The van der Waals surface area contributed by atoms with Crippen LogP contribution in [0.3, 0.4) is 0 Å². The molecule has 0 aliphatic heterocycles. The molecule has 5 heteroatoms. The number of primary amides is 1. The van der Waals surface area contributed by atoms with Gasteiger partial charge in [-0.1, -0.05) is 6.07 Å². The van der Waals surface area contributed by atoms with Gasteiger partial charge >= 0.3 is 0 Å². The molecule has 1 aromatic rings. The van der Waals surface area contributed by atoms with Gasteiger partial charge in [0.1, 0.15) is 5.82 Å². The Morgan fingerprint density at radius 2 is 1.91 bits per heavy atom. The summed E-state index contributed by atoms with van der Waals surface area (Å²) < 4.78 is 13.3. The molecule has 23 heavy (non-hydrogen) atoms. The minimum atomic E-state index is -0.650. The maximum absolute atomic E-state index is 13.3. The molecule has 1 aromatic carbocycles. The second kappa shape index (κ2) is 5.05. The Kier molecular flexibility index (Phi) is 3.22. The molecule has 1 radical (unpaired) electrons. The first-order valence-electron chi connectivity index (χ1n) is 8.19. The Morgan fingerprint density at radius 3 is 2.52 bits per heavy atom. The Bertz CT molecular complexity index is 661. The molecule has 4 saturated carbocycles. The largest absolute Gasteiger partial charge is 0.369 e. The molecule has 2 amide bonds. The average molecular weight is 315 g/mol. The zero-order valence-corrected chi connectivity index (χ0v) is 12.8. The summed E-state index contributed by atoms with van der Waals surface area (Å²) in [6, 6.07) is 5.31. The summed E-state index contributed by atoms with van der Waals surface area (Å²) in [5.41, 5.74) is 5.38. The lowest BCUT2D eigenvalue weighted by Gasteiger charge is -2.59. The van der Waals surface area contributed by atoms with Gasteiger partial charge in [-0.3, -0.25) is 9.59 Å². The van der Waals surface area contributed by atoms with Crippen LogP contribution in [0.4, 0.5) is 4.39 Å². The zero-order chi connectivity index (χ0) is 16.2. The molecule has 3 unspecified atom stereocenters. The fourth-order valence-electron chi connectivity index (χ4n) is 5.18. The molecule has 0 saturated heterocycles. The Balaban J connectivity index is 1.62. The van der Waals surface area contributed by atoms with Gasteiger partial charge in [0.05, 0.1) is 5.41 Å². The van der Waals surface area contributed by atoms with E-state index in [-0.39, 0.29) is 23.4 Å². The van der Waals surface area contributed by atoms with Crippen molar-refractivity contribution in [2.24, 2.45) is 23.0 Å². The number of rotatable bonds is 3. The normalized spacial score (nSPS) is 35.3. The molecule has 0 heterocycles. The lowest BCUT2D eigenvalue weighted by atomic mass is 9.47. The average Bonchev–Trinajstić information content (AvgIpc) is 2.50. The lowest BCUT2D eigenvalue weighted by molar-refractivity contribution is -0.139. The van der Waals surface area contributed by atoms with E-state index in [0.29, 0.717) is 11.8 Å². The SMILES string of the molecule is NC(=O)C12CC3C[C](CC(C3)C1)C2NC(=O)c1cccc(F)c1. The molecule has 4 fully saturated rings. The minimum Gasteiger partial charge on any atom is -0.369 e. The first kappa shape index (κ1) is 14.7. The molecule has 0 spiro atoms. The van der Waals surface area contributed by atoms with Crippen LogP contribution < -0.4 is 11.1 Å². The van der Waals surface area contributed by atoms with Crippen LogP contribution in [0.1, 0.15) is 42.5 Å². The first-order valence-corrected chi connectivity index (χ1v) is 8.19. The van der Waals surface area contributed by atoms with Crippen molar-refractivity contribution >= 4 is 11.8 Å². The van der Waals surface area contributed by atoms with E-state index in [4.69, 9.17) is 5.73 Å². The van der Waals surface area contributed by atoms with Crippen molar-refractivity contribution in [2.75, 3.05) is 0 Å². The van der Waals surface area contributed by atoms with Crippen LogP contribution in [-0.2, 0) is 4.79 Å². The number of nitrogens with two attached hydrogens (primary N) is 1. The molecule has 5 rings (SSSR count). The quantitative estimate of drug-likeness (QED) is 0.897. The second-order valence-corrected chi connectivity index (χ2v) is 7.38. The number of nitrogens with one attached hydrogen (secondary N) is 1. The summed E-state index contributed by atoms with van der Waals surface area (Å²) >= 11 is 0. The van der Waals surface area contributed by atoms with Gasteiger partial charge < -0.3 is 11.1 Å². The molecule has 121 valence electrons. The maximum Gasteiger partial charge on any atom is 0.251 e. The molecule has 4 aliphatic carbocycles. The van der Waals surface area contributed by atoms with Crippen LogP contribution in [0.5, 0.6) is 0 Å². The van der Waals surface area contributed by atoms with E-state index in [1.165, 1.54) is 30.5 Å². The van der Waals surface area contributed by atoms with Crippen LogP contribution in [0, 0.1) is 29.0 Å². The number of amides is 2. The van der Waals surface area contributed by atoms with E-state index >= 15 is 0 Å². The topological polar surface area (TPSA) is 72.2 Å². The number of hydrogen-bond acceptors (Lipinski definition) is 2. The third-order valence-electron chi connectivity index (χ3n) is 5.89. The van der Waals surface area contributed by atoms with Gasteiger partial charge in [0.15, 0.2) is 0 Å². The standard InChI is InChI=1S/C18H20FN2O2/c19-14-3-1-2-12(7-14)16(22)21-15-13-5-10-4-11(6-13)9-18(15,8-10)17(20)23/h1-3,7,10-11,15H,4-6,8-9H2,(H2,20,23)(H,21,22). The lowest BCUT2D eigenvalue weighted by Crippen LogP contribution is -2.65. The zero-order valence-electron chi connectivity index (χ0n) is 12.8. The fraction of sp³-hybridized carbons (Fsp3) is 0.500. The van der Waals surface area contributed by atoms with Crippen LogP contribution >= 0.6 is 0 Å². The van der Waals surface area contributed by atoms with E-state index in [2.05, 4.69) is 5.32 Å². The second-order valence-electron chi connectivity index (χ2n) is 7.38. The van der Waals surface area contributed by atoms with Gasteiger partial charge in [0, 0.05) is 11.6 Å². The van der Waals surface area contributed by atoms with Gasteiger partial charge in [0.25, 0.3) is 5.91 Å². The van der Waals surface area contributed by atoms with Crippen molar-refractivity contribution in [3.8, 4) is 0 Å². The fourth-order valence-corrected chi connectivity index (χ4v) is 5.18. The number of hydrogen-bond donors (Lipinski definition) is 2. The molecule has 4 bridgehead atoms. The van der Waals surface area contributed by atoms with Crippen molar-refractivity contribution in [1.82, 2.24) is 5.32 Å². The van der Waals surface area contributed by atoms with Gasteiger partial charge in [0.2, 0.25) is 5.91 Å². The highest BCUT2D eigenvalue weighted by Crippen LogP contribution is 2.60. The van der Waals surface area contributed by atoms with Crippen LogP contribution in [0.15, 0.2) is 24.3 Å². The number of benzene rings is 1. The molecule has 3 atom stereocenters. The van der Waals surface area contributed by atoms with Gasteiger partial charge in [-0.2, -0.15) is 0 Å². The van der Waals surface area contributed by atoms with Crippen LogP contribution in [0.2, 0.25) is 0 Å². The molecular formula is C18H20FN2O2. The number of carbonyl (C=O) groups excluding carboxylic acids is 2. The summed E-state index contributed by atoms with van der Waals surface area (Å²) in [6.45, 7) is 0. The Hall–Kier alpha value is -1.91. The summed E-state index contributed by atoms with van der Waals surface area (Å²) in [4.78, 5) is 24.7. The highest BCUT2D eigenvalue weighted by atomic mass is 19.1. The van der Waals surface area contributed by atoms with Crippen molar-refractivity contribution in [1.29, 1.82) is 0 Å². The van der Waals surface area contributed by atoms with Crippen LogP contribution in [-0.4, -0.2) is 17.9 Å². The molecule has 4 nitrogen and oxygen atoms in total. The predicted molar refractivity (Wildman–Crippen MR) is 82.6 cm³/mol. The number of carbonyl (C=O) groups is 2. The molecule has 0 aromatic heterocycles. The third-order valence-corrected chi connectivity index (χ3v) is 5.89. The Labute approximate surface area is 134 Å². The highest BCUT2D eigenvalue weighted by molar-refractivity contribution is 5.95. The molecular weight excluding hydrogens is 295 g/mol. The maximum atomic E-state index is 13.3. The summed E-state index contributed by atoms with van der Waals surface area (Å²) in [5.74, 6) is 1.19. The predicted octanol–water partition coefficient (Wildman–Crippen LogP) is 2.19. The monoisotopic (exact) mass is 315 g/mol. The van der Waals surface area contributed by atoms with Gasteiger partial charge in [-0.05, 0) is 68.1 Å². The minimum absolute atomic E-state index is 0.277. The van der Waals surface area contributed by atoms with E-state index in [0.717, 1.165) is 25.7 Å². The number of halogens is 1. The molecule has 4 aliphatic rings. The third kappa shape index (κ3) is 2.25. The highest BCUT2D eigenvalue weighted by Gasteiger charge is 2.60.